The van der Waals surface area contributed by atoms with Crippen LogP contribution in [-0.2, 0) is 4.74 Å². The fourth-order valence-corrected chi connectivity index (χ4v) is 3.06. The van der Waals surface area contributed by atoms with Crippen LogP contribution in [0.1, 0.15) is 27.8 Å². The minimum Gasteiger partial charge on any atom is -0.451 e. The predicted octanol–water partition coefficient (Wildman–Crippen LogP) is 3.95. The number of carbonyl (C=O) groups is 1. The molecule has 0 aliphatic carbocycles. The third kappa shape index (κ3) is 2.81. The maximum absolute atomic E-state index is 12.8. The highest BCUT2D eigenvalue weighted by molar-refractivity contribution is 5.96. The molecule has 0 spiro atoms. The van der Waals surface area contributed by atoms with Crippen molar-refractivity contribution < 1.29 is 13.9 Å². The zero-order valence-electron chi connectivity index (χ0n) is 13.6. The summed E-state index contributed by atoms with van der Waals surface area (Å²) >= 11 is 0. The molecule has 0 saturated carbocycles. The molecular weight excluding hydrogens is 302 g/mol. The lowest BCUT2D eigenvalue weighted by atomic mass is 10.1. The molecule has 0 N–H and O–H groups in total. The quantitative estimate of drug-likeness (QED) is 0.717. The molecule has 2 aromatic carbocycles. The number of hydrogen-bond donors (Lipinski definition) is 0. The summed E-state index contributed by atoms with van der Waals surface area (Å²) in [4.78, 5) is 14.6. The molecule has 4 rings (SSSR count). The Kier molecular flexibility index (Phi) is 3.82. The normalized spacial score (nSPS) is 18.0. The van der Waals surface area contributed by atoms with Crippen molar-refractivity contribution in [3.05, 3.63) is 71.5 Å². The van der Waals surface area contributed by atoms with Crippen molar-refractivity contribution in [1.82, 2.24) is 4.90 Å². The Morgan fingerprint density at radius 2 is 1.92 bits per heavy atom. The van der Waals surface area contributed by atoms with Crippen LogP contribution in [0.3, 0.4) is 0 Å². The predicted molar refractivity (Wildman–Crippen MR) is 92.0 cm³/mol. The summed E-state index contributed by atoms with van der Waals surface area (Å²) < 4.78 is 11.6. The molecule has 0 radical (unpaired) electrons. The van der Waals surface area contributed by atoms with Crippen LogP contribution in [-0.4, -0.2) is 30.5 Å². The number of aryl methyl sites for hydroxylation is 1. The molecule has 1 fully saturated rings. The van der Waals surface area contributed by atoms with Crippen LogP contribution < -0.4 is 0 Å². The Bertz CT molecular complexity index is 833. The fourth-order valence-electron chi connectivity index (χ4n) is 3.06. The number of morpholine rings is 1. The van der Waals surface area contributed by atoms with E-state index in [2.05, 4.69) is 31.2 Å². The Labute approximate surface area is 140 Å². The Morgan fingerprint density at radius 3 is 2.71 bits per heavy atom. The molecule has 122 valence electrons. The molecule has 0 bridgehead atoms. The summed E-state index contributed by atoms with van der Waals surface area (Å²) in [5, 5.41) is 0.948. The number of para-hydroxylation sites is 1. The molecule has 2 heterocycles. The van der Waals surface area contributed by atoms with E-state index in [1.807, 2.05) is 35.2 Å². The van der Waals surface area contributed by atoms with E-state index >= 15 is 0 Å². The van der Waals surface area contributed by atoms with E-state index < -0.39 is 0 Å². The van der Waals surface area contributed by atoms with Crippen LogP contribution in [0.5, 0.6) is 0 Å². The van der Waals surface area contributed by atoms with Gasteiger partial charge < -0.3 is 14.1 Å². The fraction of sp³-hybridized carbons (Fsp3) is 0.250. The number of ether oxygens (including phenoxy) is 1. The molecule has 1 saturated heterocycles. The SMILES string of the molecule is Cc1ccc(C2CN(C(=O)c3cc4ccccc4o3)CCO2)cc1. The highest BCUT2D eigenvalue weighted by Gasteiger charge is 2.27. The molecule has 1 unspecified atom stereocenters. The van der Waals surface area contributed by atoms with Crippen molar-refractivity contribution >= 4 is 16.9 Å². The van der Waals surface area contributed by atoms with Crippen LogP contribution in [0.15, 0.2) is 59.0 Å². The summed E-state index contributed by atoms with van der Waals surface area (Å²) in [6, 6.07) is 17.7. The standard InChI is InChI=1S/C20H19NO3/c1-14-6-8-15(9-7-14)19-13-21(10-11-23-19)20(22)18-12-16-4-2-3-5-17(16)24-18/h2-9,12,19H,10-11,13H2,1H3. The van der Waals surface area contributed by atoms with Gasteiger partial charge in [0.05, 0.1) is 13.2 Å². The van der Waals surface area contributed by atoms with Crippen molar-refractivity contribution in [2.45, 2.75) is 13.0 Å². The molecule has 1 aliphatic heterocycles. The van der Waals surface area contributed by atoms with Gasteiger partial charge in [0.25, 0.3) is 5.91 Å². The first-order valence-corrected chi connectivity index (χ1v) is 8.17. The largest absolute Gasteiger partial charge is 0.451 e. The summed E-state index contributed by atoms with van der Waals surface area (Å²) in [5.41, 5.74) is 3.05. The smallest absolute Gasteiger partial charge is 0.289 e. The molecule has 1 amide bonds. The monoisotopic (exact) mass is 321 g/mol. The van der Waals surface area contributed by atoms with Gasteiger partial charge in [-0.1, -0.05) is 48.0 Å². The van der Waals surface area contributed by atoms with Gasteiger partial charge in [-0.05, 0) is 24.6 Å². The number of furan rings is 1. The lowest BCUT2D eigenvalue weighted by molar-refractivity contribution is -0.0237. The van der Waals surface area contributed by atoms with Crippen LogP contribution in [0, 0.1) is 6.92 Å². The number of carbonyl (C=O) groups excluding carboxylic acids is 1. The minimum atomic E-state index is -0.0901. The maximum Gasteiger partial charge on any atom is 0.289 e. The number of benzene rings is 2. The van der Waals surface area contributed by atoms with Gasteiger partial charge in [0, 0.05) is 11.9 Å². The first-order chi connectivity index (χ1) is 11.7. The molecule has 4 heteroatoms. The van der Waals surface area contributed by atoms with Gasteiger partial charge in [0.15, 0.2) is 5.76 Å². The van der Waals surface area contributed by atoms with Crippen LogP contribution >= 0.6 is 0 Å². The summed E-state index contributed by atoms with van der Waals surface area (Å²) in [6.07, 6.45) is -0.0901. The summed E-state index contributed by atoms with van der Waals surface area (Å²) in [6.45, 7) is 3.71. The van der Waals surface area contributed by atoms with E-state index in [-0.39, 0.29) is 12.0 Å². The minimum absolute atomic E-state index is 0.0772. The molecule has 1 aromatic heterocycles. The molecule has 1 atom stereocenters. The van der Waals surface area contributed by atoms with E-state index in [4.69, 9.17) is 9.15 Å². The molecule has 24 heavy (non-hydrogen) atoms. The average Bonchev–Trinajstić information content (AvgIpc) is 3.06. The number of nitrogens with zero attached hydrogens (tertiary/aromatic N) is 1. The number of amides is 1. The van der Waals surface area contributed by atoms with Gasteiger partial charge in [0.1, 0.15) is 11.7 Å². The second-order valence-electron chi connectivity index (χ2n) is 6.17. The van der Waals surface area contributed by atoms with Crippen molar-refractivity contribution in [2.75, 3.05) is 19.7 Å². The summed E-state index contributed by atoms with van der Waals surface area (Å²) in [5.74, 6) is 0.312. The van der Waals surface area contributed by atoms with Gasteiger partial charge >= 0.3 is 0 Å². The van der Waals surface area contributed by atoms with Crippen molar-refractivity contribution in [1.29, 1.82) is 0 Å². The highest BCUT2D eigenvalue weighted by Crippen LogP contribution is 2.25. The third-order valence-corrected chi connectivity index (χ3v) is 4.44. The van der Waals surface area contributed by atoms with Crippen LogP contribution in [0.25, 0.3) is 11.0 Å². The van der Waals surface area contributed by atoms with Crippen molar-refractivity contribution in [2.24, 2.45) is 0 Å². The molecular formula is C20H19NO3. The van der Waals surface area contributed by atoms with Crippen LogP contribution in [0.4, 0.5) is 0 Å². The third-order valence-electron chi connectivity index (χ3n) is 4.44. The van der Waals surface area contributed by atoms with Crippen LogP contribution in [0.2, 0.25) is 0 Å². The second kappa shape index (κ2) is 6.13. The Balaban J connectivity index is 1.54. The van der Waals surface area contributed by atoms with Gasteiger partial charge in [-0.15, -0.1) is 0 Å². The van der Waals surface area contributed by atoms with E-state index in [0.29, 0.717) is 25.5 Å². The maximum atomic E-state index is 12.8. The van der Waals surface area contributed by atoms with Gasteiger partial charge in [-0.2, -0.15) is 0 Å². The Hall–Kier alpha value is -2.59. The van der Waals surface area contributed by atoms with Gasteiger partial charge in [-0.3, -0.25) is 4.79 Å². The number of fused-ring (bicyclic) bond motifs is 1. The van der Waals surface area contributed by atoms with E-state index in [0.717, 1.165) is 16.5 Å². The topological polar surface area (TPSA) is 42.7 Å². The zero-order chi connectivity index (χ0) is 16.5. The van der Waals surface area contributed by atoms with E-state index in [1.165, 1.54) is 5.56 Å². The number of rotatable bonds is 2. The Morgan fingerprint density at radius 1 is 1.12 bits per heavy atom. The second-order valence-corrected chi connectivity index (χ2v) is 6.17. The molecule has 3 aromatic rings. The van der Waals surface area contributed by atoms with Gasteiger partial charge in [-0.25, -0.2) is 0 Å². The van der Waals surface area contributed by atoms with E-state index in [9.17, 15) is 4.79 Å². The highest BCUT2D eigenvalue weighted by atomic mass is 16.5. The molecule has 1 aliphatic rings. The first-order valence-electron chi connectivity index (χ1n) is 8.17. The lowest BCUT2D eigenvalue weighted by Crippen LogP contribution is -2.42. The van der Waals surface area contributed by atoms with E-state index in [1.54, 1.807) is 0 Å². The lowest BCUT2D eigenvalue weighted by Gasteiger charge is -2.32. The zero-order valence-corrected chi connectivity index (χ0v) is 13.6. The molecule has 4 nitrogen and oxygen atoms in total. The summed E-state index contributed by atoms with van der Waals surface area (Å²) in [7, 11) is 0. The van der Waals surface area contributed by atoms with Crippen molar-refractivity contribution in [3.8, 4) is 0 Å². The van der Waals surface area contributed by atoms with Gasteiger partial charge in [0.2, 0.25) is 0 Å². The number of hydrogen-bond acceptors (Lipinski definition) is 3. The van der Waals surface area contributed by atoms with Crippen molar-refractivity contribution in [3.63, 3.8) is 0 Å². The average molecular weight is 321 g/mol. The first kappa shape index (κ1) is 15.0.